The molecule has 1 heterocycles. The highest BCUT2D eigenvalue weighted by Gasteiger charge is 2.09. The molecule has 1 unspecified atom stereocenters. The molecule has 1 aromatic heterocycles. The standard InChI is InChI=1S/C16H21N3OS.2ClH/c1-11-4-6-13(7-5-11)16-19-14(10-21-16)8-15(20)18-9-12(2)17-3;;/h4-7,10,12,17H,8-9H2,1-3H3,(H,18,20);2*1H. The second kappa shape index (κ2) is 10.6. The van der Waals surface area contributed by atoms with Crippen LogP contribution in [-0.4, -0.2) is 30.5 Å². The number of hydrogen-bond acceptors (Lipinski definition) is 4. The molecule has 128 valence electrons. The Labute approximate surface area is 153 Å². The van der Waals surface area contributed by atoms with Crippen LogP contribution in [0.3, 0.4) is 0 Å². The quantitative estimate of drug-likeness (QED) is 0.814. The third-order valence-corrected chi connectivity index (χ3v) is 4.23. The predicted molar refractivity (Wildman–Crippen MR) is 102 cm³/mol. The van der Waals surface area contributed by atoms with Crippen molar-refractivity contribution in [3.63, 3.8) is 0 Å². The molecule has 0 aliphatic heterocycles. The molecule has 7 heteroatoms. The number of carbonyl (C=O) groups excluding carboxylic acids is 1. The van der Waals surface area contributed by atoms with E-state index in [1.165, 1.54) is 5.56 Å². The highest BCUT2D eigenvalue weighted by Crippen LogP contribution is 2.24. The van der Waals surface area contributed by atoms with Crippen molar-refractivity contribution in [2.75, 3.05) is 13.6 Å². The molecule has 0 bridgehead atoms. The van der Waals surface area contributed by atoms with Crippen LogP contribution in [-0.2, 0) is 11.2 Å². The van der Waals surface area contributed by atoms with Gasteiger partial charge in [-0.3, -0.25) is 4.79 Å². The number of carbonyl (C=O) groups is 1. The molecule has 23 heavy (non-hydrogen) atoms. The van der Waals surface area contributed by atoms with Gasteiger partial charge in [-0.2, -0.15) is 0 Å². The van der Waals surface area contributed by atoms with E-state index in [4.69, 9.17) is 0 Å². The Morgan fingerprint density at radius 3 is 2.52 bits per heavy atom. The van der Waals surface area contributed by atoms with Crippen molar-refractivity contribution in [3.8, 4) is 10.6 Å². The van der Waals surface area contributed by atoms with Crippen LogP contribution in [0, 0.1) is 6.92 Å². The maximum absolute atomic E-state index is 11.8. The minimum absolute atomic E-state index is 0. The molecule has 0 spiro atoms. The first-order chi connectivity index (χ1) is 10.1. The molecule has 0 radical (unpaired) electrons. The van der Waals surface area contributed by atoms with Crippen molar-refractivity contribution < 1.29 is 4.79 Å². The van der Waals surface area contributed by atoms with Gasteiger partial charge in [-0.05, 0) is 20.9 Å². The second-order valence-corrected chi connectivity index (χ2v) is 6.04. The molecule has 0 aliphatic rings. The van der Waals surface area contributed by atoms with E-state index in [1.807, 2.05) is 19.4 Å². The topological polar surface area (TPSA) is 54.0 Å². The van der Waals surface area contributed by atoms with Crippen molar-refractivity contribution in [3.05, 3.63) is 40.9 Å². The van der Waals surface area contributed by atoms with Crippen molar-refractivity contribution in [2.45, 2.75) is 26.3 Å². The Morgan fingerprint density at radius 1 is 1.26 bits per heavy atom. The van der Waals surface area contributed by atoms with Gasteiger partial charge in [0.2, 0.25) is 5.91 Å². The van der Waals surface area contributed by atoms with Gasteiger partial charge in [-0.1, -0.05) is 29.8 Å². The van der Waals surface area contributed by atoms with Gasteiger partial charge in [0.25, 0.3) is 0 Å². The highest BCUT2D eigenvalue weighted by molar-refractivity contribution is 7.13. The number of halogens is 2. The SMILES string of the molecule is CNC(C)CNC(=O)Cc1csc(-c2ccc(C)cc2)n1.Cl.Cl. The summed E-state index contributed by atoms with van der Waals surface area (Å²) in [4.78, 5) is 16.4. The molecule has 0 fully saturated rings. The lowest BCUT2D eigenvalue weighted by molar-refractivity contribution is -0.120. The summed E-state index contributed by atoms with van der Waals surface area (Å²) >= 11 is 1.58. The number of amides is 1. The molecular weight excluding hydrogens is 353 g/mol. The number of nitrogens with one attached hydrogen (secondary N) is 2. The first-order valence-corrected chi connectivity index (χ1v) is 7.92. The Bertz CT molecular complexity index is 602. The van der Waals surface area contributed by atoms with Crippen LogP contribution in [0.2, 0.25) is 0 Å². The fraction of sp³-hybridized carbons (Fsp3) is 0.375. The Morgan fingerprint density at radius 2 is 1.91 bits per heavy atom. The van der Waals surface area contributed by atoms with E-state index < -0.39 is 0 Å². The van der Waals surface area contributed by atoms with E-state index in [0.717, 1.165) is 16.3 Å². The summed E-state index contributed by atoms with van der Waals surface area (Å²) in [6, 6.07) is 8.54. The number of benzene rings is 1. The molecule has 2 aromatic rings. The van der Waals surface area contributed by atoms with Crippen LogP contribution in [0.4, 0.5) is 0 Å². The zero-order chi connectivity index (χ0) is 15.2. The summed E-state index contributed by atoms with van der Waals surface area (Å²) in [7, 11) is 1.88. The van der Waals surface area contributed by atoms with Crippen molar-refractivity contribution >= 4 is 42.1 Å². The van der Waals surface area contributed by atoms with Crippen molar-refractivity contribution in [1.82, 2.24) is 15.6 Å². The number of likely N-dealkylation sites (N-methyl/N-ethyl adjacent to an activating group) is 1. The minimum Gasteiger partial charge on any atom is -0.354 e. The lowest BCUT2D eigenvalue weighted by Crippen LogP contribution is -2.37. The third kappa shape index (κ3) is 6.87. The zero-order valence-electron chi connectivity index (χ0n) is 13.5. The predicted octanol–water partition coefficient (Wildman–Crippen LogP) is 3.23. The molecule has 0 saturated carbocycles. The lowest BCUT2D eigenvalue weighted by atomic mass is 10.2. The second-order valence-electron chi connectivity index (χ2n) is 5.18. The van der Waals surface area contributed by atoms with Crippen LogP contribution in [0.15, 0.2) is 29.6 Å². The number of rotatable bonds is 6. The van der Waals surface area contributed by atoms with Gasteiger partial charge >= 0.3 is 0 Å². The highest BCUT2D eigenvalue weighted by atomic mass is 35.5. The van der Waals surface area contributed by atoms with Gasteiger partial charge in [-0.25, -0.2) is 4.98 Å². The summed E-state index contributed by atoms with van der Waals surface area (Å²) in [5.74, 6) is 0.0119. The van der Waals surface area contributed by atoms with Crippen LogP contribution in [0.25, 0.3) is 10.6 Å². The summed E-state index contributed by atoms with van der Waals surface area (Å²) in [5, 5.41) is 8.90. The van der Waals surface area contributed by atoms with Crippen molar-refractivity contribution in [2.24, 2.45) is 0 Å². The average Bonchev–Trinajstić information content (AvgIpc) is 2.94. The molecule has 2 rings (SSSR count). The van der Waals surface area contributed by atoms with E-state index in [1.54, 1.807) is 11.3 Å². The molecule has 2 N–H and O–H groups in total. The number of nitrogens with zero attached hydrogens (tertiary/aromatic N) is 1. The first kappa shape index (κ1) is 21.9. The lowest BCUT2D eigenvalue weighted by Gasteiger charge is -2.10. The normalized spacial score (nSPS) is 11.1. The number of thiazole rings is 1. The molecule has 1 atom stereocenters. The fourth-order valence-corrected chi connectivity index (χ4v) is 2.64. The Balaban J connectivity index is 0.00000242. The molecular formula is C16H23Cl2N3OS. The summed E-state index contributed by atoms with van der Waals surface area (Å²) in [6.07, 6.45) is 0.332. The van der Waals surface area contributed by atoms with Crippen LogP contribution >= 0.6 is 36.2 Å². The van der Waals surface area contributed by atoms with Gasteiger partial charge < -0.3 is 10.6 Å². The van der Waals surface area contributed by atoms with Crippen LogP contribution in [0.5, 0.6) is 0 Å². The molecule has 0 aliphatic carbocycles. The number of hydrogen-bond donors (Lipinski definition) is 2. The number of aryl methyl sites for hydroxylation is 1. The average molecular weight is 376 g/mol. The van der Waals surface area contributed by atoms with E-state index >= 15 is 0 Å². The molecule has 0 saturated heterocycles. The van der Waals surface area contributed by atoms with E-state index in [-0.39, 0.29) is 36.8 Å². The van der Waals surface area contributed by atoms with Crippen LogP contribution < -0.4 is 10.6 Å². The largest absolute Gasteiger partial charge is 0.354 e. The monoisotopic (exact) mass is 375 g/mol. The van der Waals surface area contributed by atoms with Crippen LogP contribution in [0.1, 0.15) is 18.2 Å². The summed E-state index contributed by atoms with van der Waals surface area (Å²) in [5.41, 5.74) is 3.15. The number of aromatic nitrogens is 1. The fourth-order valence-electron chi connectivity index (χ4n) is 1.81. The van der Waals surface area contributed by atoms with Gasteiger partial charge in [-0.15, -0.1) is 36.2 Å². The zero-order valence-corrected chi connectivity index (χ0v) is 15.9. The van der Waals surface area contributed by atoms with Crippen molar-refractivity contribution in [1.29, 1.82) is 0 Å². The molecule has 4 nitrogen and oxygen atoms in total. The van der Waals surface area contributed by atoms with Gasteiger partial charge in [0.15, 0.2) is 0 Å². The Kier molecular flexibility index (Phi) is 10.1. The van der Waals surface area contributed by atoms with Gasteiger partial charge in [0, 0.05) is 23.5 Å². The van der Waals surface area contributed by atoms with E-state index in [0.29, 0.717) is 13.0 Å². The Hall–Kier alpha value is -1.14. The smallest absolute Gasteiger partial charge is 0.226 e. The van der Waals surface area contributed by atoms with Gasteiger partial charge in [0.1, 0.15) is 5.01 Å². The molecule has 1 aromatic carbocycles. The molecule has 1 amide bonds. The maximum atomic E-state index is 11.8. The summed E-state index contributed by atoms with van der Waals surface area (Å²) < 4.78 is 0. The third-order valence-electron chi connectivity index (χ3n) is 3.29. The first-order valence-electron chi connectivity index (χ1n) is 7.04. The van der Waals surface area contributed by atoms with E-state index in [9.17, 15) is 4.79 Å². The van der Waals surface area contributed by atoms with Gasteiger partial charge in [0.05, 0.1) is 12.1 Å². The minimum atomic E-state index is 0. The maximum Gasteiger partial charge on any atom is 0.226 e. The van der Waals surface area contributed by atoms with E-state index in [2.05, 4.69) is 46.8 Å². The summed E-state index contributed by atoms with van der Waals surface area (Å²) in [6.45, 7) is 4.72.